The van der Waals surface area contributed by atoms with Gasteiger partial charge < -0.3 is 19.5 Å². The van der Waals surface area contributed by atoms with Crippen molar-refractivity contribution in [1.29, 1.82) is 0 Å². The van der Waals surface area contributed by atoms with Gasteiger partial charge in [-0.3, -0.25) is 18.1 Å². The number of benzene rings is 1. The first-order chi connectivity index (χ1) is 11.8. The maximum absolute atomic E-state index is 12.0. The molecular weight excluding hydrogens is 346 g/mol. The first-order valence-electron chi connectivity index (χ1n) is 7.34. The van der Waals surface area contributed by atoms with Crippen molar-refractivity contribution in [1.82, 2.24) is 9.88 Å². The quantitative estimate of drug-likeness (QED) is 0.752. The number of rotatable bonds is 5. The molecule has 8 nitrogen and oxygen atoms in total. The van der Waals surface area contributed by atoms with E-state index < -0.39 is 28.4 Å². The third kappa shape index (κ3) is 3.72. The van der Waals surface area contributed by atoms with Crippen molar-refractivity contribution in [2.24, 2.45) is 7.05 Å². The van der Waals surface area contributed by atoms with E-state index in [2.05, 4.69) is 5.32 Å². The number of carbonyl (C=O) groups is 1. The van der Waals surface area contributed by atoms with E-state index in [0.29, 0.717) is 5.69 Å². The summed E-state index contributed by atoms with van der Waals surface area (Å²) in [5.74, 6) is -1.33. The molecule has 1 aromatic heterocycles. The molecule has 1 heterocycles. The van der Waals surface area contributed by atoms with Gasteiger partial charge in [-0.15, -0.1) is 0 Å². The number of hydrogen-bond donors (Lipinski definition) is 2. The van der Waals surface area contributed by atoms with Gasteiger partial charge in [0.15, 0.2) is 11.4 Å². The molecule has 0 fully saturated rings. The van der Waals surface area contributed by atoms with Crippen LogP contribution in [0, 0.1) is 6.92 Å². The third-order valence-corrected chi connectivity index (χ3v) is 4.52. The zero-order chi connectivity index (χ0) is 18.7. The topological polar surface area (TPSA) is 115 Å². The van der Waals surface area contributed by atoms with Crippen molar-refractivity contribution >= 4 is 22.9 Å². The van der Waals surface area contributed by atoms with Crippen LogP contribution in [0.15, 0.2) is 35.1 Å². The van der Waals surface area contributed by atoms with E-state index in [1.54, 1.807) is 31.2 Å². The predicted octanol–water partition coefficient (Wildman–Crippen LogP) is 0.560. The third-order valence-electron chi connectivity index (χ3n) is 3.83. The SMILES string of the molecule is CNC(=O)c1c(O)c(=O)cc(CN(c2ccccc2C)S(=O)[O-])n1C. The Labute approximate surface area is 147 Å². The van der Waals surface area contributed by atoms with Gasteiger partial charge in [-0.05, 0) is 18.6 Å². The fraction of sp³-hybridized carbons (Fsp3) is 0.250. The van der Waals surface area contributed by atoms with E-state index in [1.165, 1.54) is 18.7 Å². The van der Waals surface area contributed by atoms with Crippen LogP contribution < -0.4 is 15.1 Å². The van der Waals surface area contributed by atoms with Gasteiger partial charge in [-0.25, -0.2) is 0 Å². The standard InChI is InChI=1S/C16H19N3O5S/c1-10-6-4-5-7-12(10)19(25(23)24)9-11-8-13(20)15(21)14(18(11)3)16(22)17-2/h4-8,21H,9H2,1-3H3,(H,17,22)(H,23,24)/p-1. The maximum atomic E-state index is 12.0. The van der Waals surface area contributed by atoms with Gasteiger partial charge in [0.05, 0.1) is 12.2 Å². The number of aromatic nitrogens is 1. The Morgan fingerprint density at radius 3 is 2.60 bits per heavy atom. The van der Waals surface area contributed by atoms with E-state index >= 15 is 0 Å². The van der Waals surface area contributed by atoms with E-state index in [4.69, 9.17) is 0 Å². The van der Waals surface area contributed by atoms with Crippen LogP contribution in [0.3, 0.4) is 0 Å². The molecule has 0 aliphatic heterocycles. The summed E-state index contributed by atoms with van der Waals surface area (Å²) in [6.45, 7) is 1.60. The molecule has 0 radical (unpaired) electrons. The molecule has 25 heavy (non-hydrogen) atoms. The van der Waals surface area contributed by atoms with E-state index in [-0.39, 0.29) is 17.9 Å². The van der Waals surface area contributed by atoms with Crippen LogP contribution in [0.2, 0.25) is 0 Å². The fourth-order valence-corrected chi connectivity index (χ4v) is 3.08. The molecule has 0 bridgehead atoms. The summed E-state index contributed by atoms with van der Waals surface area (Å²) in [5.41, 5.74) is 0.466. The van der Waals surface area contributed by atoms with E-state index in [0.717, 1.165) is 15.9 Å². The molecule has 0 spiro atoms. The molecule has 1 amide bonds. The lowest BCUT2D eigenvalue weighted by atomic mass is 10.2. The lowest BCUT2D eigenvalue weighted by Crippen LogP contribution is -2.31. The minimum absolute atomic E-state index is 0.170. The normalized spacial score (nSPS) is 11.8. The zero-order valence-corrected chi connectivity index (χ0v) is 14.8. The number of amides is 1. The second kappa shape index (κ2) is 7.49. The van der Waals surface area contributed by atoms with Crippen LogP contribution in [0.1, 0.15) is 21.7 Å². The summed E-state index contributed by atoms with van der Waals surface area (Å²) in [6.07, 6.45) is 0. The van der Waals surface area contributed by atoms with Crippen LogP contribution >= 0.6 is 0 Å². The molecule has 134 valence electrons. The first kappa shape index (κ1) is 18.7. The van der Waals surface area contributed by atoms with E-state index in [9.17, 15) is 23.5 Å². The van der Waals surface area contributed by atoms with Crippen molar-refractivity contribution in [2.45, 2.75) is 13.5 Å². The number of para-hydroxylation sites is 1. The summed E-state index contributed by atoms with van der Waals surface area (Å²) >= 11 is -2.60. The fourth-order valence-electron chi connectivity index (χ4n) is 2.47. The smallest absolute Gasteiger partial charge is 0.271 e. The summed E-state index contributed by atoms with van der Waals surface area (Å²) in [5, 5.41) is 12.2. The second-order valence-corrected chi connectivity index (χ2v) is 6.25. The predicted molar refractivity (Wildman–Crippen MR) is 93.0 cm³/mol. The van der Waals surface area contributed by atoms with Crippen LogP contribution in [0.4, 0.5) is 5.69 Å². The molecule has 0 saturated carbocycles. The number of aromatic hydroxyl groups is 1. The Hall–Kier alpha value is -2.65. The molecule has 1 unspecified atom stereocenters. The first-order valence-corrected chi connectivity index (χ1v) is 8.37. The largest absolute Gasteiger partial charge is 0.755 e. The van der Waals surface area contributed by atoms with Gasteiger partial charge in [0, 0.05) is 37.1 Å². The highest BCUT2D eigenvalue weighted by Crippen LogP contribution is 2.23. The Morgan fingerprint density at radius 2 is 2.04 bits per heavy atom. The number of carbonyl (C=O) groups excluding carboxylic acids is 1. The summed E-state index contributed by atoms with van der Waals surface area (Å²) in [7, 11) is 2.84. The van der Waals surface area contributed by atoms with Crippen LogP contribution in [-0.4, -0.2) is 31.4 Å². The van der Waals surface area contributed by atoms with Crippen molar-refractivity contribution in [3.8, 4) is 5.75 Å². The molecule has 1 aromatic carbocycles. The Kier molecular flexibility index (Phi) is 5.60. The number of nitrogens with one attached hydrogen (secondary N) is 1. The molecule has 9 heteroatoms. The molecule has 0 saturated heterocycles. The van der Waals surface area contributed by atoms with Gasteiger partial charge in [-0.1, -0.05) is 18.2 Å². The Balaban J connectivity index is 2.56. The number of nitrogens with zero attached hydrogens (tertiary/aromatic N) is 2. The summed E-state index contributed by atoms with van der Waals surface area (Å²) < 4.78 is 25.8. The van der Waals surface area contributed by atoms with Gasteiger partial charge in [-0.2, -0.15) is 0 Å². The summed E-state index contributed by atoms with van der Waals surface area (Å²) in [6, 6.07) is 8.00. The molecule has 2 N–H and O–H groups in total. The van der Waals surface area contributed by atoms with E-state index in [1.807, 2.05) is 0 Å². The number of pyridine rings is 1. The molecular formula is C16H18N3O5S-. The van der Waals surface area contributed by atoms with Crippen molar-refractivity contribution in [3.63, 3.8) is 0 Å². The molecule has 0 aliphatic carbocycles. The minimum atomic E-state index is -2.60. The maximum Gasteiger partial charge on any atom is 0.271 e. The molecule has 1 atom stereocenters. The highest BCUT2D eigenvalue weighted by Gasteiger charge is 2.20. The van der Waals surface area contributed by atoms with Crippen molar-refractivity contribution in [2.75, 3.05) is 11.4 Å². The van der Waals surface area contributed by atoms with Crippen molar-refractivity contribution in [3.05, 3.63) is 57.5 Å². The molecule has 0 aliphatic rings. The zero-order valence-electron chi connectivity index (χ0n) is 14.0. The van der Waals surface area contributed by atoms with Gasteiger partial charge in [0.2, 0.25) is 5.43 Å². The monoisotopic (exact) mass is 364 g/mol. The highest BCUT2D eigenvalue weighted by molar-refractivity contribution is 7.80. The lowest BCUT2D eigenvalue weighted by Gasteiger charge is -2.29. The Morgan fingerprint density at radius 1 is 1.40 bits per heavy atom. The number of hydrogen-bond acceptors (Lipinski definition) is 5. The second-order valence-electron chi connectivity index (χ2n) is 5.38. The minimum Gasteiger partial charge on any atom is -0.755 e. The van der Waals surface area contributed by atoms with Gasteiger partial charge in [0.1, 0.15) is 0 Å². The Bertz CT molecular complexity index is 894. The molecule has 2 aromatic rings. The van der Waals surface area contributed by atoms with Gasteiger partial charge in [0.25, 0.3) is 5.91 Å². The van der Waals surface area contributed by atoms with Crippen LogP contribution in [0.5, 0.6) is 5.75 Å². The van der Waals surface area contributed by atoms with Crippen LogP contribution in [-0.2, 0) is 24.9 Å². The average Bonchev–Trinajstić information content (AvgIpc) is 2.57. The average molecular weight is 364 g/mol. The summed E-state index contributed by atoms with van der Waals surface area (Å²) in [4.78, 5) is 23.9. The van der Waals surface area contributed by atoms with Crippen LogP contribution in [0.25, 0.3) is 0 Å². The lowest BCUT2D eigenvalue weighted by molar-refractivity contribution is 0.0950. The van der Waals surface area contributed by atoms with Gasteiger partial charge >= 0.3 is 0 Å². The number of anilines is 1. The highest BCUT2D eigenvalue weighted by atomic mass is 32.2. The molecule has 2 rings (SSSR count). The van der Waals surface area contributed by atoms with Crippen molar-refractivity contribution < 1.29 is 18.7 Å². The number of aryl methyl sites for hydroxylation is 1.